The van der Waals surface area contributed by atoms with E-state index in [1.54, 1.807) is 0 Å². The molecule has 0 bridgehead atoms. The molecule has 1 amide bonds. The summed E-state index contributed by atoms with van der Waals surface area (Å²) in [5, 5.41) is 8.90. The lowest BCUT2D eigenvalue weighted by Crippen LogP contribution is -2.41. The molecule has 0 unspecified atom stereocenters. The smallest absolute Gasteiger partial charge is 0.248 e. The number of thiazole rings is 1. The zero-order valence-corrected chi connectivity index (χ0v) is 20.0. The maximum absolute atomic E-state index is 13.9. The quantitative estimate of drug-likeness (QED) is 0.534. The van der Waals surface area contributed by atoms with Crippen molar-refractivity contribution >= 4 is 44.6 Å². The predicted octanol–water partition coefficient (Wildman–Crippen LogP) is 4.24. The molecule has 1 saturated heterocycles. The number of anilines is 1. The van der Waals surface area contributed by atoms with E-state index in [-0.39, 0.29) is 46.8 Å². The number of rotatable bonds is 6. The number of halogens is 2. The number of carbonyl (C=O) groups excluding carboxylic acids is 1. The highest BCUT2D eigenvalue weighted by atomic mass is 32.2. The standard InChI is InChI=1S/C22H22F2N4O4S2/c1-13-12-33-22(25-13)26-21(29)16-7-9-28(10-8-16)34(30,31)20-14(2)27-32-19(20)6-4-15-3-5-17(23)11-18(15)24/h3-6,11-12,16H,7-10H2,1-2H3,(H,25,26,29). The molecule has 1 aliphatic rings. The van der Waals surface area contributed by atoms with Crippen molar-refractivity contribution in [2.45, 2.75) is 31.6 Å². The number of nitrogens with one attached hydrogen (secondary N) is 1. The van der Waals surface area contributed by atoms with E-state index < -0.39 is 21.7 Å². The summed E-state index contributed by atoms with van der Waals surface area (Å²) in [6.07, 6.45) is 3.29. The second-order valence-electron chi connectivity index (χ2n) is 7.92. The van der Waals surface area contributed by atoms with Crippen molar-refractivity contribution in [1.29, 1.82) is 0 Å². The van der Waals surface area contributed by atoms with Crippen LogP contribution >= 0.6 is 11.3 Å². The Morgan fingerprint density at radius 3 is 2.62 bits per heavy atom. The Balaban J connectivity index is 1.47. The monoisotopic (exact) mass is 508 g/mol. The molecule has 0 atom stereocenters. The van der Waals surface area contributed by atoms with Gasteiger partial charge in [-0.3, -0.25) is 4.79 Å². The first-order valence-corrected chi connectivity index (χ1v) is 12.8. The van der Waals surface area contributed by atoms with E-state index >= 15 is 0 Å². The van der Waals surface area contributed by atoms with Crippen LogP contribution in [0.3, 0.4) is 0 Å². The Morgan fingerprint density at radius 1 is 1.24 bits per heavy atom. The molecule has 1 N–H and O–H groups in total. The van der Waals surface area contributed by atoms with Gasteiger partial charge in [0.1, 0.15) is 17.3 Å². The largest absolute Gasteiger partial charge is 0.355 e. The van der Waals surface area contributed by atoms with Crippen molar-refractivity contribution in [3.63, 3.8) is 0 Å². The summed E-state index contributed by atoms with van der Waals surface area (Å²) in [6, 6.07) is 3.07. The molecular weight excluding hydrogens is 486 g/mol. The van der Waals surface area contributed by atoms with Crippen molar-refractivity contribution in [1.82, 2.24) is 14.4 Å². The Kier molecular flexibility index (Phi) is 6.91. The van der Waals surface area contributed by atoms with Crippen LogP contribution in [0.5, 0.6) is 0 Å². The minimum Gasteiger partial charge on any atom is -0.355 e. The van der Waals surface area contributed by atoms with Gasteiger partial charge in [-0.1, -0.05) is 5.16 Å². The van der Waals surface area contributed by atoms with Gasteiger partial charge in [0.15, 0.2) is 15.8 Å². The van der Waals surface area contributed by atoms with Crippen LogP contribution in [0.1, 0.15) is 35.6 Å². The Morgan fingerprint density at radius 2 is 1.97 bits per heavy atom. The van der Waals surface area contributed by atoms with Crippen molar-refractivity contribution in [3.8, 4) is 0 Å². The first kappa shape index (κ1) is 24.2. The van der Waals surface area contributed by atoms with Gasteiger partial charge in [0, 0.05) is 36.0 Å². The first-order valence-electron chi connectivity index (χ1n) is 10.5. The highest BCUT2D eigenvalue weighted by Gasteiger charge is 2.36. The highest BCUT2D eigenvalue weighted by Crippen LogP contribution is 2.30. The van der Waals surface area contributed by atoms with Crippen molar-refractivity contribution < 1.29 is 26.5 Å². The van der Waals surface area contributed by atoms with Gasteiger partial charge in [-0.2, -0.15) is 4.31 Å². The van der Waals surface area contributed by atoms with E-state index in [4.69, 9.17) is 4.52 Å². The Hall–Kier alpha value is -2.96. The molecule has 3 aromatic rings. The summed E-state index contributed by atoms with van der Waals surface area (Å²) in [5.74, 6) is -2.07. The maximum Gasteiger partial charge on any atom is 0.248 e. The van der Waals surface area contributed by atoms with Crippen LogP contribution in [0, 0.1) is 31.4 Å². The number of benzene rings is 1. The molecule has 3 heterocycles. The summed E-state index contributed by atoms with van der Waals surface area (Å²) in [4.78, 5) is 16.6. The highest BCUT2D eigenvalue weighted by molar-refractivity contribution is 7.89. The average molecular weight is 509 g/mol. The molecule has 1 aliphatic heterocycles. The molecule has 0 radical (unpaired) electrons. The number of nitrogens with zero attached hydrogens (tertiary/aromatic N) is 3. The van der Waals surface area contributed by atoms with Gasteiger partial charge < -0.3 is 9.84 Å². The molecule has 1 fully saturated rings. The average Bonchev–Trinajstić information content (AvgIpc) is 3.38. The summed E-state index contributed by atoms with van der Waals surface area (Å²) < 4.78 is 60.2. The van der Waals surface area contributed by atoms with Gasteiger partial charge in [-0.25, -0.2) is 22.2 Å². The fraction of sp³-hybridized carbons (Fsp3) is 0.318. The molecule has 0 saturated carbocycles. The number of aryl methyl sites for hydroxylation is 2. The molecule has 0 aliphatic carbocycles. The number of sulfonamides is 1. The van der Waals surface area contributed by atoms with Crippen LogP contribution in [0.25, 0.3) is 12.2 Å². The lowest BCUT2D eigenvalue weighted by atomic mass is 9.97. The van der Waals surface area contributed by atoms with E-state index in [1.165, 1.54) is 40.8 Å². The fourth-order valence-corrected chi connectivity index (χ4v) is 6.12. The molecule has 180 valence electrons. The predicted molar refractivity (Wildman–Crippen MR) is 123 cm³/mol. The zero-order valence-electron chi connectivity index (χ0n) is 18.4. The third-order valence-electron chi connectivity index (χ3n) is 5.48. The van der Waals surface area contributed by atoms with E-state index in [1.807, 2.05) is 12.3 Å². The number of carbonyl (C=O) groups is 1. The maximum atomic E-state index is 13.9. The molecule has 2 aromatic heterocycles. The third kappa shape index (κ3) is 5.08. The number of piperidine rings is 1. The molecule has 1 aromatic carbocycles. The summed E-state index contributed by atoms with van der Waals surface area (Å²) in [7, 11) is -3.98. The van der Waals surface area contributed by atoms with Crippen LogP contribution in [0.2, 0.25) is 0 Å². The second kappa shape index (κ2) is 9.72. The van der Waals surface area contributed by atoms with Crippen LogP contribution < -0.4 is 5.32 Å². The van der Waals surface area contributed by atoms with Gasteiger partial charge in [-0.15, -0.1) is 11.3 Å². The zero-order chi connectivity index (χ0) is 24.5. The van der Waals surface area contributed by atoms with E-state index in [2.05, 4.69) is 15.5 Å². The van der Waals surface area contributed by atoms with Crippen molar-refractivity contribution in [2.24, 2.45) is 5.92 Å². The third-order valence-corrected chi connectivity index (χ3v) is 8.41. The first-order chi connectivity index (χ1) is 16.1. The van der Waals surface area contributed by atoms with Gasteiger partial charge in [0.05, 0.1) is 5.69 Å². The molecule has 12 heteroatoms. The van der Waals surface area contributed by atoms with Crippen LogP contribution in [0.15, 0.2) is 33.0 Å². The van der Waals surface area contributed by atoms with Crippen LogP contribution in [-0.4, -0.2) is 41.9 Å². The minimum atomic E-state index is -3.98. The van der Waals surface area contributed by atoms with Crippen LogP contribution in [0.4, 0.5) is 13.9 Å². The van der Waals surface area contributed by atoms with E-state index in [0.29, 0.717) is 18.0 Å². The second-order valence-corrected chi connectivity index (χ2v) is 10.7. The van der Waals surface area contributed by atoms with Gasteiger partial charge in [0.25, 0.3) is 0 Å². The molecule has 8 nitrogen and oxygen atoms in total. The molecule has 4 rings (SSSR count). The topological polar surface area (TPSA) is 105 Å². The number of amides is 1. The number of hydrogen-bond donors (Lipinski definition) is 1. The normalized spacial score (nSPS) is 15.8. The van der Waals surface area contributed by atoms with Gasteiger partial charge >= 0.3 is 0 Å². The van der Waals surface area contributed by atoms with E-state index in [0.717, 1.165) is 17.8 Å². The van der Waals surface area contributed by atoms with E-state index in [9.17, 15) is 22.0 Å². The SMILES string of the molecule is Cc1csc(NC(=O)C2CCN(S(=O)(=O)c3c(C)noc3C=Cc3ccc(F)cc3F)CC2)n1. The van der Waals surface area contributed by atoms with Gasteiger partial charge in [-0.05, 0) is 51.0 Å². The Bertz CT molecular complexity index is 1340. The number of hydrogen-bond acceptors (Lipinski definition) is 7. The van der Waals surface area contributed by atoms with Gasteiger partial charge in [0.2, 0.25) is 15.9 Å². The minimum absolute atomic E-state index is 0.0553. The molecule has 0 spiro atoms. The lowest BCUT2D eigenvalue weighted by Gasteiger charge is -2.30. The summed E-state index contributed by atoms with van der Waals surface area (Å²) in [6.45, 7) is 3.64. The van der Waals surface area contributed by atoms with Crippen LogP contribution in [-0.2, 0) is 14.8 Å². The lowest BCUT2D eigenvalue weighted by molar-refractivity contribution is -0.120. The van der Waals surface area contributed by atoms with Crippen molar-refractivity contribution in [3.05, 3.63) is 57.9 Å². The van der Waals surface area contributed by atoms with Crippen molar-refractivity contribution in [2.75, 3.05) is 18.4 Å². The molecular formula is C22H22F2N4O4S2. The fourth-order valence-electron chi connectivity index (χ4n) is 3.71. The summed E-state index contributed by atoms with van der Waals surface area (Å²) in [5.41, 5.74) is 1.05. The molecule has 34 heavy (non-hydrogen) atoms. The summed E-state index contributed by atoms with van der Waals surface area (Å²) >= 11 is 1.34. The Labute approximate surface area is 199 Å². The number of aromatic nitrogens is 2.